The predicted molar refractivity (Wildman–Crippen MR) is 50.1 cm³/mol. The first-order chi connectivity index (χ1) is 5.61. The first-order valence-electron chi connectivity index (χ1n) is 4.27. The van der Waals surface area contributed by atoms with Gasteiger partial charge in [-0.25, -0.2) is 0 Å². The summed E-state index contributed by atoms with van der Waals surface area (Å²) >= 11 is 0. The number of rotatable bonds is 2. The van der Waals surface area contributed by atoms with Gasteiger partial charge in [-0.3, -0.25) is 0 Å². The van der Waals surface area contributed by atoms with E-state index in [1.807, 2.05) is 19.0 Å². The zero-order valence-corrected chi connectivity index (χ0v) is 8.21. The molecule has 0 saturated carbocycles. The van der Waals surface area contributed by atoms with E-state index in [1.165, 1.54) is 0 Å². The summed E-state index contributed by atoms with van der Waals surface area (Å²) in [7, 11) is 6.11. The van der Waals surface area contributed by atoms with Gasteiger partial charge in [-0.05, 0) is 7.05 Å². The number of likely N-dealkylation sites (N-methyl/N-ethyl adjacent to an activating group) is 2. The maximum absolute atomic E-state index is 5.59. The van der Waals surface area contributed by atoms with E-state index in [0.29, 0.717) is 0 Å². The first-order valence-corrected chi connectivity index (χ1v) is 4.27. The minimum Gasteiger partial charge on any atom is -0.379 e. The highest BCUT2D eigenvalue weighted by atomic mass is 16.5. The fourth-order valence-corrected chi connectivity index (χ4v) is 1.27. The Morgan fingerprint density at radius 3 is 2.75 bits per heavy atom. The monoisotopic (exact) mass is 170 g/mol. The van der Waals surface area contributed by atoms with E-state index in [1.54, 1.807) is 0 Å². The standard InChI is InChI=1S/C9H18N2O/c1-8(10(2)3)9-7-11(4)5-6-12-9/h9H,1,5-7H2,2-4H3. The van der Waals surface area contributed by atoms with E-state index in [-0.39, 0.29) is 6.10 Å². The summed E-state index contributed by atoms with van der Waals surface area (Å²) in [6, 6.07) is 0. The second-order valence-corrected chi connectivity index (χ2v) is 3.51. The van der Waals surface area contributed by atoms with Gasteiger partial charge in [-0.15, -0.1) is 0 Å². The van der Waals surface area contributed by atoms with E-state index < -0.39 is 0 Å². The highest BCUT2D eigenvalue weighted by Crippen LogP contribution is 2.12. The van der Waals surface area contributed by atoms with Crippen LogP contribution in [-0.4, -0.2) is 56.7 Å². The topological polar surface area (TPSA) is 15.7 Å². The van der Waals surface area contributed by atoms with Crippen LogP contribution in [0, 0.1) is 0 Å². The van der Waals surface area contributed by atoms with Crippen LogP contribution in [0.1, 0.15) is 0 Å². The molecule has 1 aliphatic rings. The van der Waals surface area contributed by atoms with E-state index in [9.17, 15) is 0 Å². The van der Waals surface area contributed by atoms with Crippen LogP contribution >= 0.6 is 0 Å². The number of morpholine rings is 1. The highest BCUT2D eigenvalue weighted by molar-refractivity contribution is 5.01. The SMILES string of the molecule is C=C(C1CN(C)CCO1)N(C)C. The molecular formula is C9H18N2O. The molecule has 0 radical (unpaired) electrons. The molecule has 1 heterocycles. The van der Waals surface area contributed by atoms with Crippen molar-refractivity contribution in [2.45, 2.75) is 6.10 Å². The van der Waals surface area contributed by atoms with Crippen LogP contribution < -0.4 is 0 Å². The van der Waals surface area contributed by atoms with Crippen molar-refractivity contribution in [2.75, 3.05) is 40.8 Å². The van der Waals surface area contributed by atoms with Gasteiger partial charge in [0.15, 0.2) is 0 Å². The molecule has 1 saturated heterocycles. The number of ether oxygens (including phenoxy) is 1. The first kappa shape index (κ1) is 9.55. The Hall–Kier alpha value is -0.540. The summed E-state index contributed by atoms with van der Waals surface area (Å²) in [5, 5.41) is 0. The third-order valence-electron chi connectivity index (χ3n) is 2.22. The molecule has 1 aliphatic heterocycles. The summed E-state index contributed by atoms with van der Waals surface area (Å²) in [4.78, 5) is 4.28. The van der Waals surface area contributed by atoms with Gasteiger partial charge in [0.2, 0.25) is 0 Å². The third kappa shape index (κ3) is 2.22. The van der Waals surface area contributed by atoms with Crippen molar-refractivity contribution in [1.82, 2.24) is 9.80 Å². The Labute approximate surface area is 74.6 Å². The molecule has 0 aromatic heterocycles. The molecule has 0 bridgehead atoms. The van der Waals surface area contributed by atoms with E-state index in [2.05, 4.69) is 18.5 Å². The molecule has 3 heteroatoms. The van der Waals surface area contributed by atoms with Crippen LogP contribution in [0.2, 0.25) is 0 Å². The van der Waals surface area contributed by atoms with Gasteiger partial charge >= 0.3 is 0 Å². The summed E-state index contributed by atoms with van der Waals surface area (Å²) in [6.07, 6.45) is 0.179. The molecular weight excluding hydrogens is 152 g/mol. The van der Waals surface area contributed by atoms with Crippen molar-refractivity contribution in [3.8, 4) is 0 Å². The quantitative estimate of drug-likeness (QED) is 0.596. The van der Waals surface area contributed by atoms with Crippen molar-refractivity contribution >= 4 is 0 Å². The lowest BCUT2D eigenvalue weighted by atomic mass is 10.2. The van der Waals surface area contributed by atoms with Gasteiger partial charge in [0.25, 0.3) is 0 Å². The molecule has 0 aromatic carbocycles. The van der Waals surface area contributed by atoms with Gasteiger partial charge in [0.1, 0.15) is 6.10 Å². The Morgan fingerprint density at radius 1 is 1.58 bits per heavy atom. The lowest BCUT2D eigenvalue weighted by Crippen LogP contribution is -2.43. The molecule has 1 atom stereocenters. The lowest BCUT2D eigenvalue weighted by Gasteiger charge is -2.33. The van der Waals surface area contributed by atoms with Gasteiger partial charge in [0, 0.05) is 32.9 Å². The fraction of sp³-hybridized carbons (Fsp3) is 0.778. The van der Waals surface area contributed by atoms with Gasteiger partial charge in [-0.1, -0.05) is 6.58 Å². The fourth-order valence-electron chi connectivity index (χ4n) is 1.27. The average molecular weight is 170 g/mol. The molecule has 0 aromatic rings. The number of nitrogens with zero attached hydrogens (tertiary/aromatic N) is 2. The van der Waals surface area contributed by atoms with Crippen LogP contribution in [0.15, 0.2) is 12.3 Å². The smallest absolute Gasteiger partial charge is 0.109 e. The Balaban J connectivity index is 2.46. The highest BCUT2D eigenvalue weighted by Gasteiger charge is 2.20. The van der Waals surface area contributed by atoms with Crippen molar-refractivity contribution in [2.24, 2.45) is 0 Å². The molecule has 0 amide bonds. The van der Waals surface area contributed by atoms with E-state index in [0.717, 1.165) is 25.4 Å². The molecule has 1 rings (SSSR count). The van der Waals surface area contributed by atoms with Crippen molar-refractivity contribution < 1.29 is 4.74 Å². The molecule has 12 heavy (non-hydrogen) atoms. The van der Waals surface area contributed by atoms with Crippen molar-refractivity contribution in [3.63, 3.8) is 0 Å². The zero-order chi connectivity index (χ0) is 9.14. The molecule has 0 N–H and O–H groups in total. The summed E-state index contributed by atoms with van der Waals surface area (Å²) in [5.74, 6) is 0. The third-order valence-corrected chi connectivity index (χ3v) is 2.22. The molecule has 70 valence electrons. The lowest BCUT2D eigenvalue weighted by molar-refractivity contribution is -0.00915. The van der Waals surface area contributed by atoms with Crippen LogP contribution in [0.25, 0.3) is 0 Å². The average Bonchev–Trinajstić information content (AvgIpc) is 2.03. The van der Waals surface area contributed by atoms with Crippen LogP contribution in [0.3, 0.4) is 0 Å². The Bertz CT molecular complexity index is 168. The predicted octanol–water partition coefficient (Wildman–Crippen LogP) is 0.392. The molecule has 1 unspecified atom stereocenters. The second kappa shape index (κ2) is 3.92. The normalized spacial score (nSPS) is 25.4. The molecule has 0 spiro atoms. The molecule has 3 nitrogen and oxygen atoms in total. The summed E-state index contributed by atoms with van der Waals surface area (Å²) in [5.41, 5.74) is 1.06. The second-order valence-electron chi connectivity index (χ2n) is 3.51. The Kier molecular flexibility index (Phi) is 3.12. The maximum Gasteiger partial charge on any atom is 0.109 e. The molecule has 0 aliphatic carbocycles. The van der Waals surface area contributed by atoms with Gasteiger partial charge in [-0.2, -0.15) is 0 Å². The van der Waals surface area contributed by atoms with Crippen molar-refractivity contribution in [1.29, 1.82) is 0 Å². The minimum atomic E-state index is 0.179. The zero-order valence-electron chi connectivity index (χ0n) is 8.21. The van der Waals surface area contributed by atoms with E-state index >= 15 is 0 Å². The van der Waals surface area contributed by atoms with Crippen LogP contribution in [-0.2, 0) is 4.74 Å². The van der Waals surface area contributed by atoms with Gasteiger partial charge in [0.05, 0.1) is 6.61 Å². The minimum absolute atomic E-state index is 0.179. The summed E-state index contributed by atoms with van der Waals surface area (Å²) < 4.78 is 5.59. The Morgan fingerprint density at radius 2 is 2.25 bits per heavy atom. The van der Waals surface area contributed by atoms with Crippen LogP contribution in [0.4, 0.5) is 0 Å². The van der Waals surface area contributed by atoms with Gasteiger partial charge < -0.3 is 14.5 Å². The summed E-state index contributed by atoms with van der Waals surface area (Å²) in [6.45, 7) is 6.78. The van der Waals surface area contributed by atoms with E-state index in [4.69, 9.17) is 4.74 Å². The number of hydrogen-bond donors (Lipinski definition) is 0. The van der Waals surface area contributed by atoms with Crippen molar-refractivity contribution in [3.05, 3.63) is 12.3 Å². The molecule has 1 fully saturated rings. The maximum atomic E-state index is 5.59. The van der Waals surface area contributed by atoms with Crippen LogP contribution in [0.5, 0.6) is 0 Å². The number of hydrogen-bond acceptors (Lipinski definition) is 3. The largest absolute Gasteiger partial charge is 0.379 e.